The zero-order valence-corrected chi connectivity index (χ0v) is 63.0. The number of hydrogen-bond acceptors (Lipinski definition) is 14. The normalized spacial score (nSPS) is 14.6. The fourth-order valence-electron chi connectivity index (χ4n) is 10.3. The van der Waals surface area contributed by atoms with Crippen molar-refractivity contribution in [1.82, 2.24) is 0 Å². The highest BCUT2D eigenvalue weighted by Gasteiger charge is 2.29. The van der Waals surface area contributed by atoms with E-state index in [9.17, 15) is 43.5 Å². The van der Waals surface area contributed by atoms with Crippen LogP contribution < -0.4 is 0 Å². The maximum absolute atomic E-state index is 12.9. The van der Waals surface area contributed by atoms with Crippen molar-refractivity contribution in [2.45, 2.75) is 347 Å². The number of esters is 3. The number of carbonyl (C=O) groups excluding carboxylic acids is 3. The summed E-state index contributed by atoms with van der Waals surface area (Å²) >= 11 is 0. The zero-order valence-electron chi connectivity index (χ0n) is 61.2. The predicted molar refractivity (Wildman–Crippen MR) is 399 cm³/mol. The Morgan fingerprint density at radius 1 is 0.289 bits per heavy atom. The van der Waals surface area contributed by atoms with Gasteiger partial charge < -0.3 is 34.2 Å². The van der Waals surface area contributed by atoms with Crippen LogP contribution in [0, 0.1) is 0 Å². The van der Waals surface area contributed by atoms with E-state index in [2.05, 4.69) is 118 Å². The van der Waals surface area contributed by atoms with E-state index < -0.39 is 91.5 Å². The van der Waals surface area contributed by atoms with Gasteiger partial charge in [-0.05, 0) is 116 Å². The van der Waals surface area contributed by atoms with Gasteiger partial charge in [-0.15, -0.1) is 0 Å². The number of carbonyl (C=O) groups is 3. The number of aliphatic hydroxyl groups excluding tert-OH is 2. The van der Waals surface area contributed by atoms with Crippen molar-refractivity contribution in [2.75, 3.05) is 39.6 Å². The van der Waals surface area contributed by atoms with E-state index in [0.717, 1.165) is 141 Å². The summed E-state index contributed by atoms with van der Waals surface area (Å²) in [7, 11) is -9.78. The van der Waals surface area contributed by atoms with E-state index in [1.54, 1.807) is 0 Å². The summed E-state index contributed by atoms with van der Waals surface area (Å²) in [6, 6.07) is 0. The fourth-order valence-corrected chi connectivity index (χ4v) is 11.9. The first-order valence-corrected chi connectivity index (χ1v) is 41.5. The first kappa shape index (κ1) is 93.5. The van der Waals surface area contributed by atoms with Crippen molar-refractivity contribution in [3.8, 4) is 0 Å². The van der Waals surface area contributed by atoms with Crippen LogP contribution in [0.15, 0.2) is 97.2 Å². The molecule has 0 aromatic heterocycles. The third kappa shape index (κ3) is 73.5. The lowest BCUT2D eigenvalue weighted by Crippen LogP contribution is -2.30. The second-order valence-electron chi connectivity index (χ2n) is 25.8. The second-order valence-corrected chi connectivity index (χ2v) is 28.7. The number of hydrogen-bond donors (Lipinski definition) is 4. The largest absolute Gasteiger partial charge is 0.472 e. The zero-order chi connectivity index (χ0) is 70.9. The molecule has 0 aliphatic carbocycles. The lowest BCUT2D eigenvalue weighted by atomic mass is 10.0. The Hall–Kier alpha value is -3.53. The molecular weight excluding hydrogens is 1270 g/mol. The van der Waals surface area contributed by atoms with Crippen LogP contribution in [-0.2, 0) is 55.8 Å². The first-order chi connectivity index (χ1) is 47.2. The van der Waals surface area contributed by atoms with Gasteiger partial charge in [0, 0.05) is 19.3 Å². The molecule has 18 heteroatoms. The van der Waals surface area contributed by atoms with E-state index in [-0.39, 0.29) is 19.3 Å². The third-order valence-electron chi connectivity index (χ3n) is 16.2. The van der Waals surface area contributed by atoms with Crippen molar-refractivity contribution >= 4 is 33.6 Å². The molecule has 0 spiro atoms. The van der Waals surface area contributed by atoms with E-state index in [0.29, 0.717) is 19.3 Å². The van der Waals surface area contributed by atoms with Crippen LogP contribution in [0.4, 0.5) is 0 Å². The summed E-state index contributed by atoms with van der Waals surface area (Å²) < 4.78 is 60.9. The molecule has 0 heterocycles. The number of phosphoric ester groups is 2. The van der Waals surface area contributed by atoms with Gasteiger partial charge in [0.05, 0.1) is 26.4 Å². The Morgan fingerprint density at radius 3 is 0.856 bits per heavy atom. The molecule has 0 aromatic carbocycles. The molecule has 0 bridgehead atoms. The fraction of sp³-hybridized carbons (Fsp3) is 0.759. The van der Waals surface area contributed by atoms with Gasteiger partial charge in [0.2, 0.25) is 0 Å². The molecule has 5 atom stereocenters. The lowest BCUT2D eigenvalue weighted by Gasteiger charge is -2.21. The molecule has 0 aliphatic rings. The molecule has 0 fully saturated rings. The lowest BCUT2D eigenvalue weighted by molar-refractivity contribution is -0.161. The van der Waals surface area contributed by atoms with Crippen molar-refractivity contribution in [2.24, 2.45) is 0 Å². The van der Waals surface area contributed by atoms with E-state index in [4.69, 9.17) is 32.3 Å². The van der Waals surface area contributed by atoms with Crippen LogP contribution in [-0.4, -0.2) is 95.9 Å². The monoisotopic (exact) mass is 1410 g/mol. The highest BCUT2D eigenvalue weighted by molar-refractivity contribution is 7.47. The molecule has 0 aliphatic heterocycles. The average molecular weight is 1410 g/mol. The summed E-state index contributed by atoms with van der Waals surface area (Å²) in [5, 5.41) is 20.6. The molecule has 16 nitrogen and oxygen atoms in total. The number of phosphoric acid groups is 2. The summed E-state index contributed by atoms with van der Waals surface area (Å²) in [5.41, 5.74) is 0. The van der Waals surface area contributed by atoms with E-state index >= 15 is 0 Å². The molecule has 4 N–H and O–H groups in total. The molecule has 97 heavy (non-hydrogen) atoms. The molecule has 0 rings (SSSR count). The third-order valence-corrected chi connectivity index (χ3v) is 18.1. The molecule has 0 amide bonds. The Kier molecular flexibility index (Phi) is 69.6. The van der Waals surface area contributed by atoms with Gasteiger partial charge in [-0.2, -0.15) is 0 Å². The SMILES string of the molecule is CCC/C=C\C/C=C\CCCCCCCC(=O)OCC(COP(=O)(O)OCC(O)COP(=O)(O)OCC(O)COC(=O)CCCCCCCCCCCCCCCCCCCCC/C=C\C/C=C\C/C=C\C/C=C\CCCCC)OC(=O)CCCCCCC/C=C\C/C=C\CCC. The quantitative estimate of drug-likeness (QED) is 0.0146. The Labute approximate surface area is 590 Å². The minimum Gasteiger partial charge on any atom is -0.463 e. The van der Waals surface area contributed by atoms with Gasteiger partial charge in [-0.3, -0.25) is 32.5 Å². The Bertz CT molecular complexity index is 2150. The van der Waals surface area contributed by atoms with E-state index in [1.165, 1.54) is 128 Å². The number of allylic oxidation sites excluding steroid dienone is 16. The number of ether oxygens (including phenoxy) is 3. The van der Waals surface area contributed by atoms with Crippen LogP contribution >= 0.6 is 15.6 Å². The first-order valence-electron chi connectivity index (χ1n) is 38.5. The standard InChI is InChI=1S/C79H140O16P2/c1-4-7-10-13-16-19-22-25-26-27-28-29-30-31-32-33-34-35-36-37-38-39-40-41-42-43-44-45-46-49-51-53-56-59-62-65-77(82)89-68-74(80)69-91-96(85,86)92-70-75(81)71-93-97(87,88)94-73-76(95-79(84)67-64-61-58-55-52-48-24-21-18-15-12-9-6-3)72-90-78(83)66-63-60-57-54-50-47-23-20-17-14-11-8-5-2/h11-12,14-16,19-21,23-26,28-29,31-32,74-76,80-81H,4-10,13,17-18,22,27,30,33-73H2,1-3H3,(H,85,86)(H,87,88)/b14-11-,15-12-,19-16-,23-20-,24-21-,26-25-,29-28-,32-31-. The van der Waals surface area contributed by atoms with Gasteiger partial charge >= 0.3 is 33.6 Å². The minimum atomic E-state index is -4.93. The van der Waals surface area contributed by atoms with Crippen LogP contribution in [0.3, 0.4) is 0 Å². The average Bonchev–Trinajstić information content (AvgIpc) is 1.79. The molecule has 562 valence electrons. The topological polar surface area (TPSA) is 231 Å². The summed E-state index contributed by atoms with van der Waals surface area (Å²) in [5.74, 6) is -1.60. The van der Waals surface area contributed by atoms with Crippen LogP contribution in [0.5, 0.6) is 0 Å². The smallest absolute Gasteiger partial charge is 0.463 e. The van der Waals surface area contributed by atoms with Gasteiger partial charge in [0.1, 0.15) is 25.4 Å². The Morgan fingerprint density at radius 2 is 0.536 bits per heavy atom. The number of aliphatic hydroxyl groups is 2. The highest BCUT2D eigenvalue weighted by atomic mass is 31.2. The summed E-state index contributed by atoms with van der Waals surface area (Å²) in [6.45, 7) is 2.50. The minimum absolute atomic E-state index is 0.0858. The van der Waals surface area contributed by atoms with Gasteiger partial charge in [-0.25, -0.2) is 9.13 Å². The highest BCUT2D eigenvalue weighted by Crippen LogP contribution is 2.45. The van der Waals surface area contributed by atoms with Crippen molar-refractivity contribution in [3.05, 3.63) is 97.2 Å². The van der Waals surface area contributed by atoms with Crippen molar-refractivity contribution in [1.29, 1.82) is 0 Å². The van der Waals surface area contributed by atoms with Gasteiger partial charge in [-0.1, -0.05) is 291 Å². The van der Waals surface area contributed by atoms with Crippen molar-refractivity contribution in [3.63, 3.8) is 0 Å². The molecule has 5 unspecified atom stereocenters. The maximum Gasteiger partial charge on any atom is 0.472 e. The van der Waals surface area contributed by atoms with Crippen LogP contribution in [0.2, 0.25) is 0 Å². The summed E-state index contributed by atoms with van der Waals surface area (Å²) in [4.78, 5) is 58.4. The predicted octanol–water partition coefficient (Wildman–Crippen LogP) is 22.2. The van der Waals surface area contributed by atoms with E-state index in [1.807, 2.05) is 0 Å². The van der Waals surface area contributed by atoms with Crippen LogP contribution in [0.25, 0.3) is 0 Å². The second kappa shape index (κ2) is 72.3. The Balaban J connectivity index is 4.29. The molecule has 0 saturated heterocycles. The molecule has 0 saturated carbocycles. The molecule has 0 radical (unpaired) electrons. The van der Waals surface area contributed by atoms with Gasteiger partial charge in [0.25, 0.3) is 0 Å². The van der Waals surface area contributed by atoms with Crippen LogP contribution in [0.1, 0.15) is 329 Å². The molecule has 0 aromatic rings. The van der Waals surface area contributed by atoms with Crippen molar-refractivity contribution < 1.29 is 75.8 Å². The maximum atomic E-state index is 12.9. The molecular formula is C79H140O16P2. The summed E-state index contributed by atoms with van der Waals surface area (Å²) in [6.07, 6.45) is 82.1. The van der Waals surface area contributed by atoms with Gasteiger partial charge in [0.15, 0.2) is 6.10 Å². The number of unbranched alkanes of at least 4 members (excludes halogenated alkanes) is 34. The number of rotatable bonds is 73.